The number of benzene rings is 2. The van der Waals surface area contributed by atoms with Gasteiger partial charge in [-0.15, -0.1) is 0 Å². The van der Waals surface area contributed by atoms with Gasteiger partial charge in [0.05, 0.1) is 6.61 Å². The molecule has 3 heteroatoms. The van der Waals surface area contributed by atoms with Crippen molar-refractivity contribution in [3.8, 4) is 16.9 Å². The monoisotopic (exact) mass is 294 g/mol. The van der Waals surface area contributed by atoms with Crippen molar-refractivity contribution < 1.29 is 9.15 Å². The summed E-state index contributed by atoms with van der Waals surface area (Å²) in [5, 5.41) is 0.936. The molecule has 0 bridgehead atoms. The Bertz CT molecular complexity index is 848. The number of rotatable bonds is 4. The SMILES string of the molecule is CCOc1cc2oc(=O)cc(-c3ccccc3)c2cc1CC. The van der Waals surface area contributed by atoms with Crippen molar-refractivity contribution in [1.29, 1.82) is 0 Å². The van der Waals surface area contributed by atoms with Crippen LogP contribution < -0.4 is 10.4 Å². The van der Waals surface area contributed by atoms with Gasteiger partial charge in [0.1, 0.15) is 11.3 Å². The van der Waals surface area contributed by atoms with E-state index in [9.17, 15) is 4.79 Å². The molecule has 0 aliphatic carbocycles. The van der Waals surface area contributed by atoms with E-state index in [-0.39, 0.29) is 5.63 Å². The summed E-state index contributed by atoms with van der Waals surface area (Å²) in [6, 6.07) is 15.3. The highest BCUT2D eigenvalue weighted by Crippen LogP contribution is 2.32. The topological polar surface area (TPSA) is 39.4 Å². The predicted octanol–water partition coefficient (Wildman–Crippen LogP) is 4.42. The van der Waals surface area contributed by atoms with Crippen molar-refractivity contribution in [2.45, 2.75) is 20.3 Å². The maximum atomic E-state index is 11.9. The van der Waals surface area contributed by atoms with Crippen molar-refractivity contribution in [2.75, 3.05) is 6.61 Å². The van der Waals surface area contributed by atoms with Crippen LogP contribution in [-0.2, 0) is 6.42 Å². The quantitative estimate of drug-likeness (QED) is 0.669. The fourth-order valence-corrected chi connectivity index (χ4v) is 2.66. The van der Waals surface area contributed by atoms with Gasteiger partial charge in [0.25, 0.3) is 0 Å². The molecule has 3 aromatic rings. The van der Waals surface area contributed by atoms with E-state index in [2.05, 4.69) is 13.0 Å². The third kappa shape index (κ3) is 2.62. The van der Waals surface area contributed by atoms with E-state index in [1.807, 2.05) is 43.3 Å². The van der Waals surface area contributed by atoms with Crippen LogP contribution in [0.5, 0.6) is 5.75 Å². The number of hydrogen-bond acceptors (Lipinski definition) is 3. The number of aryl methyl sites for hydroxylation is 1. The summed E-state index contributed by atoms with van der Waals surface area (Å²) >= 11 is 0. The van der Waals surface area contributed by atoms with Crippen molar-refractivity contribution >= 4 is 11.0 Å². The van der Waals surface area contributed by atoms with Crippen molar-refractivity contribution in [2.24, 2.45) is 0 Å². The minimum atomic E-state index is -0.349. The van der Waals surface area contributed by atoms with Crippen LogP contribution >= 0.6 is 0 Å². The molecule has 0 spiro atoms. The highest BCUT2D eigenvalue weighted by molar-refractivity contribution is 5.94. The van der Waals surface area contributed by atoms with Crippen LogP contribution in [0.15, 0.2) is 57.7 Å². The number of ether oxygens (including phenoxy) is 1. The Balaban J connectivity index is 2.31. The lowest BCUT2D eigenvalue weighted by Crippen LogP contribution is -2.01. The van der Waals surface area contributed by atoms with Gasteiger partial charge in [-0.25, -0.2) is 4.79 Å². The number of fused-ring (bicyclic) bond motifs is 1. The molecule has 0 saturated carbocycles. The minimum absolute atomic E-state index is 0.349. The maximum Gasteiger partial charge on any atom is 0.336 e. The van der Waals surface area contributed by atoms with Gasteiger partial charge >= 0.3 is 5.63 Å². The van der Waals surface area contributed by atoms with E-state index in [1.54, 1.807) is 6.07 Å². The molecule has 112 valence electrons. The van der Waals surface area contributed by atoms with E-state index < -0.39 is 0 Å². The molecule has 0 atom stereocenters. The molecule has 0 unspecified atom stereocenters. The summed E-state index contributed by atoms with van der Waals surface area (Å²) in [6.45, 7) is 4.62. The molecule has 0 aliphatic heterocycles. The molecule has 2 aromatic carbocycles. The van der Waals surface area contributed by atoms with E-state index in [0.29, 0.717) is 12.2 Å². The molecule has 22 heavy (non-hydrogen) atoms. The molecular weight excluding hydrogens is 276 g/mol. The lowest BCUT2D eigenvalue weighted by molar-refractivity contribution is 0.336. The second kappa shape index (κ2) is 6.06. The second-order valence-corrected chi connectivity index (χ2v) is 5.09. The first-order valence-corrected chi connectivity index (χ1v) is 7.52. The zero-order chi connectivity index (χ0) is 15.5. The van der Waals surface area contributed by atoms with Gasteiger partial charge in [0.15, 0.2) is 0 Å². The fraction of sp³-hybridized carbons (Fsp3) is 0.211. The van der Waals surface area contributed by atoms with Crippen LogP contribution in [0.1, 0.15) is 19.4 Å². The van der Waals surface area contributed by atoms with Gasteiger partial charge in [0, 0.05) is 17.5 Å². The van der Waals surface area contributed by atoms with Gasteiger partial charge in [-0.05, 0) is 36.1 Å². The van der Waals surface area contributed by atoms with Crippen LogP contribution in [0.4, 0.5) is 0 Å². The molecule has 0 saturated heterocycles. The standard InChI is InChI=1S/C19H18O3/c1-3-13-10-16-15(14-8-6-5-7-9-14)11-19(20)22-18(16)12-17(13)21-4-2/h5-12H,3-4H2,1-2H3. The van der Waals surface area contributed by atoms with Gasteiger partial charge in [-0.2, -0.15) is 0 Å². The highest BCUT2D eigenvalue weighted by atomic mass is 16.5. The average molecular weight is 294 g/mol. The largest absolute Gasteiger partial charge is 0.493 e. The molecule has 0 radical (unpaired) electrons. The van der Waals surface area contributed by atoms with Crippen LogP contribution in [0.3, 0.4) is 0 Å². The Morgan fingerprint density at radius 3 is 2.50 bits per heavy atom. The van der Waals surface area contributed by atoms with Crippen LogP contribution in [0, 0.1) is 0 Å². The molecule has 0 fully saturated rings. The third-order valence-corrected chi connectivity index (χ3v) is 3.69. The normalized spacial score (nSPS) is 10.8. The third-order valence-electron chi connectivity index (χ3n) is 3.69. The Morgan fingerprint density at radius 1 is 1.05 bits per heavy atom. The predicted molar refractivity (Wildman–Crippen MR) is 88.5 cm³/mol. The molecular formula is C19H18O3. The smallest absolute Gasteiger partial charge is 0.336 e. The summed E-state index contributed by atoms with van der Waals surface area (Å²) in [4.78, 5) is 11.9. The van der Waals surface area contributed by atoms with E-state index >= 15 is 0 Å². The fourth-order valence-electron chi connectivity index (χ4n) is 2.66. The molecule has 0 N–H and O–H groups in total. The summed E-state index contributed by atoms with van der Waals surface area (Å²) in [5.41, 5.74) is 3.22. The van der Waals surface area contributed by atoms with Crippen LogP contribution in [0.25, 0.3) is 22.1 Å². The van der Waals surface area contributed by atoms with Crippen molar-refractivity contribution in [1.82, 2.24) is 0 Å². The Hall–Kier alpha value is -2.55. The minimum Gasteiger partial charge on any atom is -0.493 e. The highest BCUT2D eigenvalue weighted by Gasteiger charge is 2.12. The van der Waals surface area contributed by atoms with Gasteiger partial charge in [-0.1, -0.05) is 37.3 Å². The number of hydrogen-bond donors (Lipinski definition) is 0. The first kappa shape index (κ1) is 14.4. The lowest BCUT2D eigenvalue weighted by atomic mass is 9.99. The van der Waals surface area contributed by atoms with Crippen LogP contribution in [0.2, 0.25) is 0 Å². The Kier molecular flexibility index (Phi) is 3.96. The summed E-state index contributed by atoms with van der Waals surface area (Å²) in [7, 11) is 0. The molecule has 0 aliphatic rings. The average Bonchev–Trinajstić information content (AvgIpc) is 2.54. The summed E-state index contributed by atoms with van der Waals surface area (Å²) in [6.07, 6.45) is 0.860. The Labute approximate surface area is 129 Å². The van der Waals surface area contributed by atoms with E-state index in [0.717, 1.165) is 34.2 Å². The molecule has 3 rings (SSSR count). The summed E-state index contributed by atoms with van der Waals surface area (Å²) in [5.74, 6) is 0.783. The molecule has 1 heterocycles. The van der Waals surface area contributed by atoms with Crippen molar-refractivity contribution in [3.63, 3.8) is 0 Å². The van der Waals surface area contributed by atoms with E-state index in [4.69, 9.17) is 9.15 Å². The zero-order valence-corrected chi connectivity index (χ0v) is 12.8. The Morgan fingerprint density at radius 2 is 1.82 bits per heavy atom. The molecule has 3 nitrogen and oxygen atoms in total. The molecule has 1 aromatic heterocycles. The van der Waals surface area contributed by atoms with Gasteiger partial charge in [-0.3, -0.25) is 0 Å². The molecule has 0 amide bonds. The van der Waals surface area contributed by atoms with Gasteiger partial charge < -0.3 is 9.15 Å². The zero-order valence-electron chi connectivity index (χ0n) is 12.8. The van der Waals surface area contributed by atoms with E-state index in [1.165, 1.54) is 0 Å². The van der Waals surface area contributed by atoms with Crippen molar-refractivity contribution in [3.05, 3.63) is 64.5 Å². The summed E-state index contributed by atoms with van der Waals surface area (Å²) < 4.78 is 11.0. The van der Waals surface area contributed by atoms with Crippen LogP contribution in [-0.4, -0.2) is 6.61 Å². The lowest BCUT2D eigenvalue weighted by Gasteiger charge is -2.12. The van der Waals surface area contributed by atoms with Gasteiger partial charge in [0.2, 0.25) is 0 Å². The first-order chi connectivity index (χ1) is 10.7. The second-order valence-electron chi connectivity index (χ2n) is 5.09. The first-order valence-electron chi connectivity index (χ1n) is 7.52. The maximum absolute atomic E-state index is 11.9.